The van der Waals surface area contributed by atoms with E-state index in [1.165, 1.54) is 18.7 Å². The van der Waals surface area contributed by atoms with Gasteiger partial charge < -0.3 is 9.47 Å². The SMILES string of the molecule is CCSc1n[n+]2c(c(=O)[nH]1)-c1cc(Br)ccc1N(C(C)=O)C2c1ccc2c(c1)OCO2. The van der Waals surface area contributed by atoms with E-state index in [1.54, 1.807) is 9.58 Å². The van der Waals surface area contributed by atoms with Crippen LogP contribution in [-0.2, 0) is 4.79 Å². The summed E-state index contributed by atoms with van der Waals surface area (Å²) in [6.45, 7) is 3.64. The van der Waals surface area contributed by atoms with Crippen molar-refractivity contribution in [1.82, 2.24) is 10.1 Å². The number of carbonyl (C=O) groups is 1. The number of amides is 1. The molecule has 1 unspecified atom stereocenters. The lowest BCUT2D eigenvalue weighted by atomic mass is 10.0. The number of halogens is 1. The Morgan fingerprint density at radius 2 is 2.10 bits per heavy atom. The van der Waals surface area contributed by atoms with Gasteiger partial charge in [-0.15, -0.1) is 0 Å². The van der Waals surface area contributed by atoms with Gasteiger partial charge in [0, 0.05) is 22.1 Å². The van der Waals surface area contributed by atoms with E-state index in [4.69, 9.17) is 14.6 Å². The minimum atomic E-state index is -0.658. The van der Waals surface area contributed by atoms with Crippen molar-refractivity contribution < 1.29 is 19.0 Å². The second-order valence-corrected chi connectivity index (χ2v) is 9.19. The third-order valence-electron chi connectivity index (χ3n) is 5.13. The monoisotopic (exact) mass is 501 g/mol. The van der Waals surface area contributed by atoms with E-state index < -0.39 is 6.17 Å². The van der Waals surface area contributed by atoms with Crippen molar-refractivity contribution in [1.29, 1.82) is 0 Å². The molecule has 2 aliphatic heterocycles. The predicted molar refractivity (Wildman–Crippen MR) is 118 cm³/mol. The molecule has 0 saturated carbocycles. The number of H-pyrrole nitrogens is 1. The lowest BCUT2D eigenvalue weighted by molar-refractivity contribution is -0.763. The van der Waals surface area contributed by atoms with Crippen molar-refractivity contribution in [3.05, 3.63) is 56.8 Å². The molecule has 0 bridgehead atoms. The average molecular weight is 502 g/mol. The number of carbonyl (C=O) groups excluding carboxylic acids is 1. The van der Waals surface area contributed by atoms with Crippen LogP contribution in [0.15, 0.2) is 50.8 Å². The summed E-state index contributed by atoms with van der Waals surface area (Å²) < 4.78 is 13.4. The molecule has 1 aromatic heterocycles. The van der Waals surface area contributed by atoms with Crippen LogP contribution < -0.4 is 24.6 Å². The van der Waals surface area contributed by atoms with E-state index in [2.05, 4.69) is 20.9 Å². The summed E-state index contributed by atoms with van der Waals surface area (Å²) in [6.07, 6.45) is -0.658. The fraction of sp³-hybridized carbons (Fsp3) is 0.238. The Morgan fingerprint density at radius 3 is 2.87 bits per heavy atom. The van der Waals surface area contributed by atoms with E-state index in [1.807, 2.05) is 43.3 Å². The van der Waals surface area contributed by atoms with Gasteiger partial charge >= 0.3 is 11.3 Å². The van der Waals surface area contributed by atoms with Crippen molar-refractivity contribution in [2.75, 3.05) is 17.4 Å². The molecule has 2 aliphatic rings. The second-order valence-electron chi connectivity index (χ2n) is 7.02. The van der Waals surface area contributed by atoms with Gasteiger partial charge in [0.1, 0.15) is 0 Å². The number of rotatable bonds is 3. The number of thioether (sulfide) groups is 1. The summed E-state index contributed by atoms with van der Waals surface area (Å²) in [5, 5.41) is 5.21. The molecule has 3 aromatic rings. The third-order valence-corrected chi connectivity index (χ3v) is 6.37. The van der Waals surface area contributed by atoms with Crippen LogP contribution in [0, 0.1) is 0 Å². The van der Waals surface area contributed by atoms with Gasteiger partial charge in [0.05, 0.1) is 11.3 Å². The van der Waals surface area contributed by atoms with Gasteiger partial charge in [-0.1, -0.05) is 34.6 Å². The number of nitrogens with zero attached hydrogens (tertiary/aromatic N) is 3. The summed E-state index contributed by atoms with van der Waals surface area (Å²) in [5.74, 6) is 1.81. The minimum Gasteiger partial charge on any atom is -0.454 e. The highest BCUT2D eigenvalue weighted by Gasteiger charge is 2.45. The number of anilines is 1. The molecule has 0 radical (unpaired) electrons. The lowest BCUT2D eigenvalue weighted by Crippen LogP contribution is -2.60. The van der Waals surface area contributed by atoms with Crippen molar-refractivity contribution in [2.24, 2.45) is 0 Å². The highest BCUT2D eigenvalue weighted by Crippen LogP contribution is 2.41. The van der Waals surface area contributed by atoms with E-state index in [9.17, 15) is 9.59 Å². The number of nitrogens with one attached hydrogen (secondary N) is 1. The van der Waals surface area contributed by atoms with Crippen LogP contribution in [0.2, 0.25) is 0 Å². The normalized spacial score (nSPS) is 16.1. The zero-order chi connectivity index (χ0) is 21.7. The van der Waals surface area contributed by atoms with Crippen molar-refractivity contribution in [3.8, 4) is 22.8 Å². The smallest absolute Gasteiger partial charge is 0.325 e. The second kappa shape index (κ2) is 7.69. The average Bonchev–Trinajstić information content (AvgIpc) is 3.20. The summed E-state index contributed by atoms with van der Waals surface area (Å²) in [4.78, 5) is 30.6. The first-order valence-corrected chi connectivity index (χ1v) is 11.4. The maximum absolute atomic E-state index is 13.2. The van der Waals surface area contributed by atoms with Gasteiger partial charge in [0.15, 0.2) is 11.5 Å². The van der Waals surface area contributed by atoms with E-state index >= 15 is 0 Å². The summed E-state index contributed by atoms with van der Waals surface area (Å²) in [7, 11) is 0. The van der Waals surface area contributed by atoms with Crippen molar-refractivity contribution >= 4 is 39.3 Å². The zero-order valence-electron chi connectivity index (χ0n) is 16.7. The molecule has 0 saturated heterocycles. The van der Waals surface area contributed by atoms with Crippen molar-refractivity contribution in [2.45, 2.75) is 25.2 Å². The van der Waals surface area contributed by atoms with Crippen LogP contribution >= 0.6 is 27.7 Å². The fourth-order valence-corrected chi connectivity index (χ4v) is 4.86. The number of aromatic nitrogens is 3. The van der Waals surface area contributed by atoms with Crippen molar-refractivity contribution in [3.63, 3.8) is 0 Å². The van der Waals surface area contributed by atoms with Gasteiger partial charge in [0.2, 0.25) is 17.9 Å². The zero-order valence-corrected chi connectivity index (χ0v) is 19.1. The quantitative estimate of drug-likeness (QED) is 0.437. The van der Waals surface area contributed by atoms with Crippen LogP contribution in [0.5, 0.6) is 11.5 Å². The van der Waals surface area contributed by atoms with E-state index in [0.29, 0.717) is 33.6 Å². The van der Waals surface area contributed by atoms with E-state index in [0.717, 1.165) is 15.8 Å². The van der Waals surface area contributed by atoms with Crippen LogP contribution in [0.25, 0.3) is 11.3 Å². The fourth-order valence-electron chi connectivity index (χ4n) is 3.91. The first-order valence-electron chi connectivity index (χ1n) is 9.66. The van der Waals surface area contributed by atoms with Gasteiger partial charge in [-0.2, -0.15) is 0 Å². The molecular weight excluding hydrogens is 484 g/mol. The molecule has 10 heteroatoms. The summed E-state index contributed by atoms with van der Waals surface area (Å²) in [5.41, 5.74) is 2.14. The van der Waals surface area contributed by atoms with Gasteiger partial charge in [-0.05, 0) is 46.8 Å². The molecule has 8 nitrogen and oxygen atoms in total. The molecule has 2 aromatic carbocycles. The molecule has 0 fully saturated rings. The standard InChI is InChI=1S/C21H17BrN4O4S/c1-3-31-21-23-19(28)18-14-9-13(22)5-6-15(14)25(11(2)27)20(26(18)24-21)12-4-7-16-17(8-12)30-10-29-16/h4-9,20H,3,10H2,1-2H3/p+1. The number of hydrogen-bond acceptors (Lipinski definition) is 6. The number of aromatic amines is 1. The largest absolute Gasteiger partial charge is 0.454 e. The highest BCUT2D eigenvalue weighted by atomic mass is 79.9. The van der Waals surface area contributed by atoms with Crippen LogP contribution in [0.3, 0.4) is 0 Å². The number of ether oxygens (including phenoxy) is 2. The molecule has 5 rings (SSSR count). The Hall–Kier alpha value is -2.85. The number of fused-ring (bicyclic) bond motifs is 4. The van der Waals surface area contributed by atoms with Gasteiger partial charge in [-0.3, -0.25) is 14.6 Å². The minimum absolute atomic E-state index is 0.148. The highest BCUT2D eigenvalue weighted by molar-refractivity contribution is 9.10. The maximum Gasteiger partial charge on any atom is 0.325 e. The number of hydrogen-bond donors (Lipinski definition) is 1. The molecule has 0 aliphatic carbocycles. The summed E-state index contributed by atoms with van der Waals surface area (Å²) in [6, 6.07) is 11.0. The Bertz CT molecular complexity index is 1280. The molecule has 3 heterocycles. The topological polar surface area (TPSA) is 88.4 Å². The Balaban J connectivity index is 1.82. The Labute approximate surface area is 190 Å². The van der Waals surface area contributed by atoms with Gasteiger partial charge in [0.25, 0.3) is 6.17 Å². The third kappa shape index (κ3) is 3.30. The van der Waals surface area contributed by atoms with Crippen LogP contribution in [-0.4, -0.2) is 28.5 Å². The van der Waals surface area contributed by atoms with Crippen LogP contribution in [0.1, 0.15) is 25.6 Å². The molecule has 1 atom stereocenters. The Morgan fingerprint density at radius 1 is 1.29 bits per heavy atom. The molecule has 0 spiro atoms. The van der Waals surface area contributed by atoms with Crippen LogP contribution in [0.4, 0.5) is 5.69 Å². The van der Waals surface area contributed by atoms with E-state index in [-0.39, 0.29) is 18.3 Å². The lowest BCUT2D eigenvalue weighted by Gasteiger charge is -2.31. The molecule has 1 N–H and O–H groups in total. The molecular formula is C21H18BrN4O4S+. The molecule has 158 valence electrons. The van der Waals surface area contributed by atoms with Gasteiger partial charge in [-0.25, -0.2) is 4.90 Å². The molecule has 31 heavy (non-hydrogen) atoms. The summed E-state index contributed by atoms with van der Waals surface area (Å²) >= 11 is 4.91. The first kappa shape index (κ1) is 20.1. The first-order chi connectivity index (χ1) is 15.0. The maximum atomic E-state index is 13.2. The number of benzene rings is 2. The Kier molecular flexibility index (Phi) is 4.98. The predicted octanol–water partition coefficient (Wildman–Crippen LogP) is 3.24. The molecule has 1 amide bonds.